The molecule has 16 heavy (non-hydrogen) atoms. The van der Waals surface area contributed by atoms with Crippen LogP contribution in [0.5, 0.6) is 0 Å². The van der Waals surface area contributed by atoms with Gasteiger partial charge in [-0.3, -0.25) is 14.4 Å². The van der Waals surface area contributed by atoms with Crippen LogP contribution in [0.2, 0.25) is 0 Å². The predicted molar refractivity (Wildman–Crippen MR) is 59.6 cm³/mol. The van der Waals surface area contributed by atoms with E-state index in [0.717, 1.165) is 0 Å². The Bertz CT molecular complexity index is 351. The average molecular weight is 220 g/mol. The predicted octanol–water partition coefficient (Wildman–Crippen LogP) is 1.54. The molecule has 0 atom stereocenters. The van der Waals surface area contributed by atoms with Gasteiger partial charge in [0.05, 0.1) is 0 Å². The van der Waals surface area contributed by atoms with E-state index in [9.17, 15) is 14.4 Å². The van der Waals surface area contributed by atoms with Crippen molar-refractivity contribution in [1.82, 2.24) is 0 Å². The van der Waals surface area contributed by atoms with Crippen molar-refractivity contribution in [2.75, 3.05) is 0 Å². The maximum Gasteiger partial charge on any atom is 0.151 e. The minimum atomic E-state index is -1.04. The van der Waals surface area contributed by atoms with Crippen LogP contribution in [0.4, 0.5) is 0 Å². The maximum atomic E-state index is 11.7. The molecule has 0 spiro atoms. The topological polar surface area (TPSA) is 51.2 Å². The molecule has 0 heterocycles. The Kier molecular flexibility index (Phi) is 3.64. The van der Waals surface area contributed by atoms with E-state index in [0.29, 0.717) is 19.3 Å². The van der Waals surface area contributed by atoms with Crippen molar-refractivity contribution >= 4 is 17.3 Å². The molecule has 0 unspecified atom stereocenters. The standard InChI is InChI=1S/C13H16O3/c1-4-5-6-9(14)12-10(15)7-13(2,3)8-11(12)16/h1,12H,5-8H2,2-3H3. The van der Waals surface area contributed by atoms with Crippen LogP contribution in [0, 0.1) is 23.7 Å². The zero-order valence-corrected chi connectivity index (χ0v) is 9.71. The average Bonchev–Trinajstić information content (AvgIpc) is 2.11. The molecule has 0 amide bonds. The lowest BCUT2D eigenvalue weighted by atomic mass is 9.70. The van der Waals surface area contributed by atoms with Gasteiger partial charge < -0.3 is 0 Å². The van der Waals surface area contributed by atoms with Crippen LogP contribution in [0.25, 0.3) is 0 Å². The molecule has 0 radical (unpaired) electrons. The van der Waals surface area contributed by atoms with Crippen LogP contribution in [0.3, 0.4) is 0 Å². The lowest BCUT2D eigenvalue weighted by Gasteiger charge is -2.31. The Balaban J connectivity index is 2.76. The quantitative estimate of drug-likeness (QED) is 0.535. The molecule has 1 rings (SSSR count). The first-order chi connectivity index (χ1) is 7.37. The molecule has 0 aromatic heterocycles. The fourth-order valence-electron chi connectivity index (χ4n) is 2.09. The van der Waals surface area contributed by atoms with Crippen molar-refractivity contribution in [2.24, 2.45) is 11.3 Å². The Morgan fingerprint density at radius 3 is 2.31 bits per heavy atom. The van der Waals surface area contributed by atoms with Crippen molar-refractivity contribution in [2.45, 2.75) is 39.5 Å². The number of carbonyl (C=O) groups is 3. The summed E-state index contributed by atoms with van der Waals surface area (Å²) in [7, 11) is 0. The van der Waals surface area contributed by atoms with Gasteiger partial charge in [-0.05, 0) is 5.41 Å². The van der Waals surface area contributed by atoms with Gasteiger partial charge in [-0.15, -0.1) is 12.3 Å². The highest BCUT2D eigenvalue weighted by atomic mass is 16.2. The smallest absolute Gasteiger partial charge is 0.151 e. The minimum Gasteiger partial charge on any atom is -0.298 e. The van der Waals surface area contributed by atoms with E-state index in [2.05, 4.69) is 5.92 Å². The van der Waals surface area contributed by atoms with Crippen molar-refractivity contribution in [3.05, 3.63) is 0 Å². The first-order valence-electron chi connectivity index (χ1n) is 5.39. The zero-order valence-electron chi connectivity index (χ0n) is 9.71. The van der Waals surface area contributed by atoms with E-state index in [4.69, 9.17) is 6.42 Å². The van der Waals surface area contributed by atoms with E-state index in [1.165, 1.54) is 0 Å². The molecular weight excluding hydrogens is 204 g/mol. The third-order valence-corrected chi connectivity index (χ3v) is 2.79. The van der Waals surface area contributed by atoms with E-state index in [-0.39, 0.29) is 29.2 Å². The second kappa shape index (κ2) is 4.61. The fourth-order valence-corrected chi connectivity index (χ4v) is 2.09. The van der Waals surface area contributed by atoms with Gasteiger partial charge >= 0.3 is 0 Å². The molecule has 0 N–H and O–H groups in total. The van der Waals surface area contributed by atoms with Crippen LogP contribution in [0.1, 0.15) is 39.5 Å². The molecule has 0 saturated heterocycles. The van der Waals surface area contributed by atoms with E-state index in [1.807, 2.05) is 13.8 Å². The summed E-state index contributed by atoms with van der Waals surface area (Å²) in [5.41, 5.74) is -0.308. The van der Waals surface area contributed by atoms with Crippen LogP contribution in [-0.2, 0) is 14.4 Å². The van der Waals surface area contributed by atoms with Gasteiger partial charge in [0, 0.05) is 25.7 Å². The molecule has 1 aliphatic carbocycles. The first-order valence-corrected chi connectivity index (χ1v) is 5.39. The van der Waals surface area contributed by atoms with Gasteiger partial charge in [0.15, 0.2) is 17.3 Å². The van der Waals surface area contributed by atoms with Gasteiger partial charge in [-0.1, -0.05) is 13.8 Å². The maximum absolute atomic E-state index is 11.7. The normalized spacial score (nSPS) is 20.6. The zero-order chi connectivity index (χ0) is 12.3. The third-order valence-electron chi connectivity index (χ3n) is 2.79. The second-order valence-corrected chi connectivity index (χ2v) is 5.05. The number of terminal acetylenes is 1. The summed E-state index contributed by atoms with van der Waals surface area (Å²) in [6.45, 7) is 3.73. The Labute approximate surface area is 95.6 Å². The van der Waals surface area contributed by atoms with E-state index < -0.39 is 5.92 Å². The van der Waals surface area contributed by atoms with E-state index in [1.54, 1.807) is 0 Å². The summed E-state index contributed by atoms with van der Waals surface area (Å²) in [6, 6.07) is 0. The van der Waals surface area contributed by atoms with Crippen LogP contribution < -0.4 is 0 Å². The third kappa shape index (κ3) is 2.79. The molecule has 0 aromatic rings. The van der Waals surface area contributed by atoms with Gasteiger partial charge in [-0.2, -0.15) is 0 Å². The summed E-state index contributed by atoms with van der Waals surface area (Å²) >= 11 is 0. The van der Waals surface area contributed by atoms with Crippen molar-refractivity contribution < 1.29 is 14.4 Å². The highest BCUT2D eigenvalue weighted by Crippen LogP contribution is 2.34. The fraction of sp³-hybridized carbons (Fsp3) is 0.615. The Morgan fingerprint density at radius 1 is 1.38 bits per heavy atom. The molecule has 0 aliphatic heterocycles. The molecule has 86 valence electrons. The number of ketones is 3. The number of rotatable bonds is 3. The molecule has 0 aromatic carbocycles. The summed E-state index contributed by atoms with van der Waals surface area (Å²) in [6.07, 6.45) is 6.06. The number of hydrogen-bond donors (Lipinski definition) is 0. The first kappa shape index (κ1) is 12.6. The van der Waals surface area contributed by atoms with Crippen molar-refractivity contribution in [1.29, 1.82) is 0 Å². The number of carbonyl (C=O) groups excluding carboxylic acids is 3. The summed E-state index contributed by atoms with van der Waals surface area (Å²) in [5.74, 6) is 0.490. The SMILES string of the molecule is C#CCCC(=O)C1C(=O)CC(C)(C)CC1=O. The summed E-state index contributed by atoms with van der Waals surface area (Å²) in [5, 5.41) is 0. The lowest BCUT2D eigenvalue weighted by molar-refractivity contribution is -0.145. The largest absolute Gasteiger partial charge is 0.298 e. The van der Waals surface area contributed by atoms with Gasteiger partial charge in [0.25, 0.3) is 0 Å². The molecule has 1 aliphatic rings. The van der Waals surface area contributed by atoms with Crippen molar-refractivity contribution in [3.8, 4) is 12.3 Å². The molecular formula is C13H16O3. The van der Waals surface area contributed by atoms with Gasteiger partial charge in [0.2, 0.25) is 0 Å². The van der Waals surface area contributed by atoms with Crippen LogP contribution in [0.15, 0.2) is 0 Å². The molecule has 0 bridgehead atoms. The highest BCUT2D eigenvalue weighted by molar-refractivity contribution is 6.20. The summed E-state index contributed by atoms with van der Waals surface area (Å²) < 4.78 is 0. The molecule has 1 fully saturated rings. The molecule has 3 nitrogen and oxygen atoms in total. The van der Waals surface area contributed by atoms with Gasteiger partial charge in [-0.25, -0.2) is 0 Å². The van der Waals surface area contributed by atoms with Crippen LogP contribution >= 0.6 is 0 Å². The van der Waals surface area contributed by atoms with E-state index >= 15 is 0 Å². The minimum absolute atomic E-state index is 0.124. The lowest BCUT2D eigenvalue weighted by Crippen LogP contribution is -2.41. The van der Waals surface area contributed by atoms with Gasteiger partial charge in [0.1, 0.15) is 5.92 Å². The summed E-state index contributed by atoms with van der Waals surface area (Å²) in [4.78, 5) is 35.1. The number of hydrogen-bond acceptors (Lipinski definition) is 3. The Morgan fingerprint density at radius 2 is 1.88 bits per heavy atom. The highest BCUT2D eigenvalue weighted by Gasteiger charge is 2.42. The Hall–Kier alpha value is -1.43. The monoisotopic (exact) mass is 220 g/mol. The number of Topliss-reactive ketones (excluding diaryl/α,β-unsaturated/α-hetero) is 3. The van der Waals surface area contributed by atoms with Crippen molar-refractivity contribution in [3.63, 3.8) is 0 Å². The molecule has 3 heteroatoms. The second-order valence-electron chi connectivity index (χ2n) is 5.05. The molecule has 1 saturated carbocycles. The van der Waals surface area contributed by atoms with Crippen LogP contribution in [-0.4, -0.2) is 17.3 Å².